The van der Waals surface area contributed by atoms with Crippen LogP contribution < -0.4 is 9.80 Å². The van der Waals surface area contributed by atoms with Gasteiger partial charge in [-0.2, -0.15) is 31.6 Å². The highest BCUT2D eigenvalue weighted by molar-refractivity contribution is 6.24. The number of hydrogen-bond acceptors (Lipinski definition) is 9. The van der Waals surface area contributed by atoms with E-state index in [9.17, 15) is 55.7 Å². The van der Waals surface area contributed by atoms with E-state index in [4.69, 9.17) is 14.7 Å². The lowest BCUT2D eigenvalue weighted by Gasteiger charge is -2.31. The summed E-state index contributed by atoms with van der Waals surface area (Å²) in [5.41, 5.74) is -7.56. The summed E-state index contributed by atoms with van der Waals surface area (Å²) in [5, 5.41) is 29.5. The van der Waals surface area contributed by atoms with E-state index in [2.05, 4.69) is 0 Å². The van der Waals surface area contributed by atoms with Gasteiger partial charge in [0.2, 0.25) is 23.6 Å². The van der Waals surface area contributed by atoms with E-state index in [1.54, 1.807) is 27.7 Å². The van der Waals surface area contributed by atoms with E-state index >= 15 is 0 Å². The Morgan fingerprint density at radius 3 is 1.45 bits per heavy atom. The predicted molar refractivity (Wildman–Crippen MR) is 168 cm³/mol. The topological polar surface area (TPSA) is 157 Å². The molecule has 6 aliphatic rings. The summed E-state index contributed by atoms with van der Waals surface area (Å²) in [6.07, 6.45) is -10.9. The van der Waals surface area contributed by atoms with E-state index in [1.165, 1.54) is 25.1 Å². The Kier molecular flexibility index (Phi) is 7.74. The van der Waals surface area contributed by atoms with Gasteiger partial charge in [0.15, 0.2) is 0 Å². The molecule has 53 heavy (non-hydrogen) atoms. The normalized spacial score (nSPS) is 38.3. The molecule has 6 aliphatic heterocycles. The number of aliphatic hydroxyl groups is 2. The molecule has 11 nitrogen and oxygen atoms in total. The maximum absolute atomic E-state index is 13.2. The number of amides is 4. The molecule has 2 aromatic rings. The maximum atomic E-state index is 13.2. The van der Waals surface area contributed by atoms with Gasteiger partial charge in [0, 0.05) is 12.8 Å². The van der Waals surface area contributed by atoms with Crippen LogP contribution in [0.25, 0.3) is 0 Å². The second-order valence-corrected chi connectivity index (χ2v) is 15.4. The van der Waals surface area contributed by atoms with Crippen molar-refractivity contribution in [2.24, 2.45) is 23.7 Å². The maximum Gasteiger partial charge on any atom is 0.417 e. The van der Waals surface area contributed by atoms with Crippen LogP contribution in [0.3, 0.4) is 0 Å². The molecule has 282 valence electrons. The van der Waals surface area contributed by atoms with Gasteiger partial charge in [-0.05, 0) is 70.5 Å². The number of nitrogens with zero attached hydrogens (tertiary/aromatic N) is 3. The summed E-state index contributed by atoms with van der Waals surface area (Å²) in [4.78, 5) is 53.4. The lowest BCUT2D eigenvalue weighted by molar-refractivity contribution is -0.138. The number of fused-ring (bicyclic) bond motifs is 10. The standard InChI is InChI=1S/C18H15F3N2O4.C18H18F3NO4/c1-16-6-11(24)17(2,27-16)13-12(16)14(25)23(15(13)26)9-4-3-8(7-22)10(5-9)18(19,20)21;1-8-4-5-9(6-10(8)18(19,20)21)22-14(24)12-13(15(22)25)17(3)11(23)7-16(12,2)26-17/h3-5,11-13,24H,6H2,1-2H3;4-6,11-13,23H,7H2,1-3H3/t11-,12+,13-,16?,17?;11-,12-,13+,16?,17?/m01/s1. The molecule has 0 radical (unpaired) electrons. The molecule has 2 N–H and O–H groups in total. The van der Waals surface area contributed by atoms with Crippen LogP contribution in [0.15, 0.2) is 36.4 Å². The second-order valence-electron chi connectivity index (χ2n) is 15.4. The van der Waals surface area contributed by atoms with Crippen LogP contribution in [0, 0.1) is 41.9 Å². The summed E-state index contributed by atoms with van der Waals surface area (Å²) >= 11 is 0. The zero-order valence-electron chi connectivity index (χ0n) is 28.8. The van der Waals surface area contributed by atoms with Crippen molar-refractivity contribution in [2.75, 3.05) is 9.80 Å². The smallest absolute Gasteiger partial charge is 0.390 e. The number of halogens is 6. The van der Waals surface area contributed by atoms with Crippen LogP contribution in [0.2, 0.25) is 0 Å². The van der Waals surface area contributed by atoms with Crippen LogP contribution in [-0.4, -0.2) is 68.5 Å². The number of benzene rings is 2. The van der Waals surface area contributed by atoms with Crippen LogP contribution in [-0.2, 0) is 41.0 Å². The Morgan fingerprint density at radius 1 is 0.679 bits per heavy atom. The molecule has 6 fully saturated rings. The fourth-order valence-corrected chi connectivity index (χ4v) is 9.61. The molecule has 8 rings (SSSR count). The molecule has 2 aromatic carbocycles. The number of imide groups is 2. The SMILES string of the molecule is CC12C[C@H](O)C(C)(O1)[C@@H]1C(=O)N(c3ccc(C#N)c(C(F)(F)F)c3)C(=O)[C@@H]12.Cc1ccc(N2C(=O)[C@@H]3[C@H](C2=O)C2(C)C[C@@H](O)C3(C)O2)cc1C(F)(F)F. The van der Waals surface area contributed by atoms with Gasteiger partial charge in [0.1, 0.15) is 11.2 Å². The molecule has 6 heterocycles. The van der Waals surface area contributed by atoms with Crippen LogP contribution in [0.4, 0.5) is 37.7 Å². The average molecular weight is 750 g/mol. The summed E-state index contributed by atoms with van der Waals surface area (Å²) in [6.45, 7) is 7.74. The van der Waals surface area contributed by atoms with Crippen LogP contribution in [0.1, 0.15) is 62.8 Å². The van der Waals surface area contributed by atoms with E-state index < -0.39 is 111 Å². The van der Waals surface area contributed by atoms with Crippen molar-refractivity contribution >= 4 is 35.0 Å². The Labute approximate surface area is 298 Å². The lowest BCUT2D eigenvalue weighted by Crippen LogP contribution is -2.49. The number of carbonyl (C=O) groups excluding carboxylic acids is 4. The number of ether oxygens (including phenoxy) is 2. The second kappa shape index (κ2) is 11.1. The van der Waals surface area contributed by atoms with Gasteiger partial charge in [-0.15, -0.1) is 0 Å². The fraction of sp³-hybridized carbons (Fsp3) is 0.528. The lowest BCUT2D eigenvalue weighted by atomic mass is 9.67. The molecule has 4 bridgehead atoms. The quantitative estimate of drug-likeness (QED) is 0.335. The van der Waals surface area contributed by atoms with Gasteiger partial charge in [-0.25, -0.2) is 9.80 Å². The van der Waals surface area contributed by atoms with Crippen molar-refractivity contribution in [3.05, 3.63) is 58.7 Å². The summed E-state index contributed by atoms with van der Waals surface area (Å²) in [7, 11) is 0. The first-order valence-corrected chi connectivity index (χ1v) is 16.7. The molecule has 0 aliphatic carbocycles. The van der Waals surface area contributed by atoms with Gasteiger partial charge in [0.05, 0.1) is 81.2 Å². The molecule has 0 aromatic heterocycles. The molecular formula is C36H33F6N3O8. The fourth-order valence-electron chi connectivity index (χ4n) is 9.61. The Hall–Kier alpha value is -4.37. The number of nitriles is 1. The number of carbonyl (C=O) groups is 4. The van der Waals surface area contributed by atoms with E-state index in [0.717, 1.165) is 28.0 Å². The van der Waals surface area contributed by atoms with Crippen molar-refractivity contribution in [2.45, 2.75) is 94.4 Å². The van der Waals surface area contributed by atoms with Crippen molar-refractivity contribution in [3.63, 3.8) is 0 Å². The predicted octanol–water partition coefficient (Wildman–Crippen LogP) is 4.43. The first kappa shape index (κ1) is 37.0. The van der Waals surface area contributed by atoms with Crippen LogP contribution in [0.5, 0.6) is 0 Å². The third-order valence-corrected chi connectivity index (χ3v) is 12.1. The van der Waals surface area contributed by atoms with Gasteiger partial charge in [0.25, 0.3) is 0 Å². The number of aliphatic hydroxyl groups excluding tert-OH is 2. The Bertz CT molecular complexity index is 2050. The minimum absolute atomic E-state index is 0.0123. The molecule has 0 spiro atoms. The summed E-state index contributed by atoms with van der Waals surface area (Å²) < 4.78 is 91.0. The largest absolute Gasteiger partial charge is 0.417 e. The number of rotatable bonds is 2. The molecule has 17 heteroatoms. The number of alkyl halides is 6. The van der Waals surface area contributed by atoms with Crippen LogP contribution >= 0.6 is 0 Å². The third-order valence-electron chi connectivity index (χ3n) is 12.1. The number of anilines is 2. The van der Waals surface area contributed by atoms with Gasteiger partial charge >= 0.3 is 12.4 Å². The van der Waals surface area contributed by atoms with Gasteiger partial charge in [-0.3, -0.25) is 19.2 Å². The monoisotopic (exact) mass is 749 g/mol. The minimum atomic E-state index is -4.81. The van der Waals surface area contributed by atoms with E-state index in [-0.39, 0.29) is 29.8 Å². The molecule has 10 atom stereocenters. The number of hydrogen-bond donors (Lipinski definition) is 2. The first-order valence-electron chi connectivity index (χ1n) is 16.7. The molecule has 4 amide bonds. The molecule has 4 unspecified atom stereocenters. The number of aryl methyl sites for hydroxylation is 1. The zero-order chi connectivity index (χ0) is 39.2. The van der Waals surface area contributed by atoms with Gasteiger partial charge in [-0.1, -0.05) is 6.07 Å². The average Bonchev–Trinajstić information content (AvgIpc) is 3.77. The highest BCUT2D eigenvalue weighted by Gasteiger charge is 2.77. The molecule has 0 saturated carbocycles. The third kappa shape index (κ3) is 4.94. The highest BCUT2D eigenvalue weighted by Crippen LogP contribution is 2.62. The van der Waals surface area contributed by atoms with E-state index in [1.807, 2.05) is 0 Å². The van der Waals surface area contributed by atoms with Gasteiger partial charge < -0.3 is 19.7 Å². The van der Waals surface area contributed by atoms with Crippen molar-refractivity contribution in [1.29, 1.82) is 5.26 Å². The summed E-state index contributed by atoms with van der Waals surface area (Å²) in [6, 6.07) is 7.60. The zero-order valence-corrected chi connectivity index (χ0v) is 28.8. The Morgan fingerprint density at radius 2 is 1.06 bits per heavy atom. The molecule has 6 saturated heterocycles. The summed E-state index contributed by atoms with van der Waals surface area (Å²) in [5.74, 6) is -6.10. The Balaban J connectivity index is 0.000000164. The highest BCUT2D eigenvalue weighted by atomic mass is 19.4. The van der Waals surface area contributed by atoms with Crippen molar-refractivity contribution < 1.29 is 65.2 Å². The molecular weight excluding hydrogens is 716 g/mol. The van der Waals surface area contributed by atoms with E-state index in [0.29, 0.717) is 6.07 Å². The van der Waals surface area contributed by atoms with Crippen molar-refractivity contribution in [3.8, 4) is 6.07 Å². The minimum Gasteiger partial charge on any atom is -0.390 e. The first-order chi connectivity index (χ1) is 24.3. The van der Waals surface area contributed by atoms with Crippen molar-refractivity contribution in [1.82, 2.24) is 0 Å².